The first-order valence-corrected chi connectivity index (χ1v) is 8.54. The number of piperazine rings is 1. The molecule has 8 nitrogen and oxygen atoms in total. The fraction of sp³-hybridized carbons (Fsp3) is 0.389. The average Bonchev–Trinajstić information content (AvgIpc) is 3.14. The van der Waals surface area contributed by atoms with Gasteiger partial charge in [-0.1, -0.05) is 12.1 Å². The zero-order chi connectivity index (χ0) is 18.5. The second kappa shape index (κ2) is 8.01. The number of nitro groups is 1. The van der Waals surface area contributed by atoms with Crippen molar-refractivity contribution in [2.75, 3.05) is 32.8 Å². The molecule has 26 heavy (non-hydrogen) atoms. The average molecular weight is 359 g/mol. The summed E-state index contributed by atoms with van der Waals surface area (Å²) in [7, 11) is 0. The Hall–Kier alpha value is -2.87. The number of hydrogen-bond donors (Lipinski definition) is 0. The fourth-order valence-electron chi connectivity index (χ4n) is 2.92. The van der Waals surface area contributed by atoms with Gasteiger partial charge in [-0.3, -0.25) is 19.8 Å². The summed E-state index contributed by atoms with van der Waals surface area (Å²) in [6.07, 6.45) is 0. The van der Waals surface area contributed by atoms with Crippen molar-refractivity contribution >= 4 is 11.8 Å². The molecule has 1 aromatic heterocycles. The molecule has 0 spiro atoms. The molecule has 8 heteroatoms. The molecule has 1 aliphatic heterocycles. The highest BCUT2D eigenvalue weighted by Crippen LogP contribution is 2.19. The maximum atomic E-state index is 12.4. The van der Waals surface area contributed by atoms with Crippen LogP contribution in [-0.2, 0) is 6.54 Å². The Morgan fingerprint density at radius 3 is 2.42 bits per heavy atom. The Morgan fingerprint density at radius 1 is 1.15 bits per heavy atom. The Morgan fingerprint density at radius 2 is 1.85 bits per heavy atom. The molecule has 1 aliphatic rings. The van der Waals surface area contributed by atoms with Crippen molar-refractivity contribution in [2.45, 2.75) is 13.5 Å². The van der Waals surface area contributed by atoms with Crippen molar-refractivity contribution < 1.29 is 18.9 Å². The number of carbonyl (C=O) groups excluding carboxylic acids is 1. The van der Waals surface area contributed by atoms with Gasteiger partial charge in [-0.25, -0.2) is 0 Å². The second-order valence-corrected chi connectivity index (χ2v) is 6.04. The normalized spacial score (nSPS) is 15.0. The third kappa shape index (κ3) is 4.20. The molecule has 1 saturated heterocycles. The maximum Gasteiger partial charge on any atom is 0.433 e. The number of ether oxygens (including phenoxy) is 1. The van der Waals surface area contributed by atoms with Crippen LogP contribution in [0.1, 0.15) is 23.0 Å². The highest BCUT2D eigenvalue weighted by atomic mass is 16.6. The van der Waals surface area contributed by atoms with Crippen molar-refractivity contribution in [1.82, 2.24) is 9.80 Å². The SMILES string of the molecule is CCOc1ccc(CN2CCN(C(=O)c3ccc([N+](=O)[O-])o3)CC2)cc1. The standard InChI is InChI=1S/C18H21N3O5/c1-2-25-15-5-3-14(4-6-15)13-19-9-11-20(12-10-19)18(22)16-7-8-17(26-16)21(23)24/h3-8H,2,9-13H2,1H3. The quantitative estimate of drug-likeness (QED) is 0.582. The summed E-state index contributed by atoms with van der Waals surface area (Å²) < 4.78 is 10.4. The van der Waals surface area contributed by atoms with Gasteiger partial charge in [-0.05, 0) is 30.7 Å². The zero-order valence-corrected chi connectivity index (χ0v) is 14.6. The van der Waals surface area contributed by atoms with E-state index in [4.69, 9.17) is 9.15 Å². The van der Waals surface area contributed by atoms with Gasteiger partial charge < -0.3 is 14.1 Å². The lowest BCUT2D eigenvalue weighted by atomic mass is 10.2. The van der Waals surface area contributed by atoms with Gasteiger partial charge in [0, 0.05) is 32.7 Å². The number of hydrogen-bond acceptors (Lipinski definition) is 6. The topological polar surface area (TPSA) is 89.1 Å². The van der Waals surface area contributed by atoms with Crippen LogP contribution < -0.4 is 4.74 Å². The number of benzene rings is 1. The van der Waals surface area contributed by atoms with E-state index < -0.39 is 10.8 Å². The van der Waals surface area contributed by atoms with Crippen molar-refractivity contribution in [2.24, 2.45) is 0 Å². The fourth-order valence-corrected chi connectivity index (χ4v) is 2.92. The van der Waals surface area contributed by atoms with Crippen LogP contribution in [0.4, 0.5) is 5.88 Å². The summed E-state index contributed by atoms with van der Waals surface area (Å²) in [5.74, 6) is 0.150. The second-order valence-electron chi connectivity index (χ2n) is 6.04. The molecule has 0 bridgehead atoms. The molecule has 1 amide bonds. The predicted octanol–water partition coefficient (Wildman–Crippen LogP) is 2.54. The minimum absolute atomic E-state index is 0.0108. The Bertz CT molecular complexity index is 763. The van der Waals surface area contributed by atoms with Gasteiger partial charge in [0.15, 0.2) is 5.76 Å². The largest absolute Gasteiger partial charge is 0.494 e. The van der Waals surface area contributed by atoms with E-state index in [1.807, 2.05) is 31.2 Å². The third-order valence-electron chi connectivity index (χ3n) is 4.28. The van der Waals surface area contributed by atoms with E-state index in [9.17, 15) is 14.9 Å². The van der Waals surface area contributed by atoms with E-state index in [2.05, 4.69) is 4.90 Å². The van der Waals surface area contributed by atoms with Gasteiger partial charge in [0.2, 0.25) is 0 Å². The smallest absolute Gasteiger partial charge is 0.433 e. The van der Waals surface area contributed by atoms with Crippen LogP contribution in [0.2, 0.25) is 0 Å². The maximum absolute atomic E-state index is 12.4. The van der Waals surface area contributed by atoms with E-state index >= 15 is 0 Å². The van der Waals surface area contributed by atoms with E-state index in [0.717, 1.165) is 25.4 Å². The van der Waals surface area contributed by atoms with E-state index in [-0.39, 0.29) is 11.7 Å². The van der Waals surface area contributed by atoms with Gasteiger partial charge in [0.05, 0.1) is 12.7 Å². The summed E-state index contributed by atoms with van der Waals surface area (Å²) in [6, 6.07) is 10.6. The van der Waals surface area contributed by atoms with E-state index in [0.29, 0.717) is 19.7 Å². The minimum atomic E-state index is -0.647. The van der Waals surface area contributed by atoms with Crippen LogP contribution in [0.3, 0.4) is 0 Å². The van der Waals surface area contributed by atoms with Crippen molar-refractivity contribution in [1.29, 1.82) is 0 Å². The van der Waals surface area contributed by atoms with Gasteiger partial charge in [0.1, 0.15) is 10.7 Å². The lowest BCUT2D eigenvalue weighted by molar-refractivity contribution is -0.402. The van der Waals surface area contributed by atoms with Gasteiger partial charge in [-0.15, -0.1) is 0 Å². The number of amides is 1. The molecule has 0 N–H and O–H groups in total. The number of nitrogens with zero attached hydrogens (tertiary/aromatic N) is 3. The Balaban J connectivity index is 1.51. The summed E-state index contributed by atoms with van der Waals surface area (Å²) in [6.45, 7) is 6.00. The zero-order valence-electron chi connectivity index (χ0n) is 14.6. The van der Waals surface area contributed by atoms with Crippen LogP contribution in [0.15, 0.2) is 40.8 Å². The minimum Gasteiger partial charge on any atom is -0.494 e. The number of furan rings is 1. The van der Waals surface area contributed by atoms with Gasteiger partial charge in [0.25, 0.3) is 5.91 Å². The predicted molar refractivity (Wildman–Crippen MR) is 94.2 cm³/mol. The summed E-state index contributed by atoms with van der Waals surface area (Å²) in [4.78, 5) is 26.3. The Labute approximate surface area is 151 Å². The van der Waals surface area contributed by atoms with E-state index in [1.54, 1.807) is 4.90 Å². The molecule has 2 aromatic rings. The Kier molecular flexibility index (Phi) is 5.52. The van der Waals surface area contributed by atoms with Gasteiger partial charge in [-0.2, -0.15) is 0 Å². The monoisotopic (exact) mass is 359 g/mol. The molecule has 2 heterocycles. The highest BCUT2D eigenvalue weighted by molar-refractivity contribution is 5.91. The molecule has 0 unspecified atom stereocenters. The summed E-state index contributed by atoms with van der Waals surface area (Å²) in [5, 5.41) is 10.7. The lowest BCUT2D eigenvalue weighted by Crippen LogP contribution is -2.48. The molecular weight excluding hydrogens is 338 g/mol. The van der Waals surface area contributed by atoms with Crippen molar-refractivity contribution in [3.8, 4) is 5.75 Å². The molecule has 3 rings (SSSR count). The first kappa shape index (κ1) is 17.9. The molecule has 138 valence electrons. The summed E-state index contributed by atoms with van der Waals surface area (Å²) in [5.41, 5.74) is 1.19. The third-order valence-corrected chi connectivity index (χ3v) is 4.28. The van der Waals surface area contributed by atoms with Crippen LogP contribution >= 0.6 is 0 Å². The molecule has 1 fully saturated rings. The molecule has 0 radical (unpaired) electrons. The number of rotatable bonds is 6. The van der Waals surface area contributed by atoms with Crippen LogP contribution in [0.5, 0.6) is 5.75 Å². The highest BCUT2D eigenvalue weighted by Gasteiger charge is 2.26. The molecule has 0 aliphatic carbocycles. The van der Waals surface area contributed by atoms with Crippen LogP contribution in [-0.4, -0.2) is 53.4 Å². The van der Waals surface area contributed by atoms with Crippen molar-refractivity contribution in [3.05, 3.63) is 57.8 Å². The van der Waals surface area contributed by atoms with Crippen LogP contribution in [0, 0.1) is 10.1 Å². The van der Waals surface area contributed by atoms with E-state index in [1.165, 1.54) is 17.7 Å². The molecular formula is C18H21N3O5. The number of carbonyl (C=O) groups is 1. The molecule has 0 atom stereocenters. The van der Waals surface area contributed by atoms with Crippen molar-refractivity contribution in [3.63, 3.8) is 0 Å². The lowest BCUT2D eigenvalue weighted by Gasteiger charge is -2.34. The first-order chi connectivity index (χ1) is 12.6. The van der Waals surface area contributed by atoms with Crippen LogP contribution in [0.25, 0.3) is 0 Å². The molecule has 1 aromatic carbocycles. The molecule has 0 saturated carbocycles. The van der Waals surface area contributed by atoms with Gasteiger partial charge >= 0.3 is 5.88 Å². The summed E-state index contributed by atoms with van der Waals surface area (Å²) >= 11 is 0. The first-order valence-electron chi connectivity index (χ1n) is 8.54.